The number of carbonyl (C=O) groups is 1. The molecule has 1 fully saturated rings. The number of nitrogens with zero attached hydrogens (tertiary/aromatic N) is 2. The molecule has 1 aliphatic heterocycles. The molecule has 1 aromatic carbocycles. The first kappa shape index (κ1) is 12.4. The zero-order chi connectivity index (χ0) is 13.0. The number of anilines is 1. The fourth-order valence-electron chi connectivity index (χ4n) is 2.21. The second-order valence-corrected chi connectivity index (χ2v) is 4.31. The first-order chi connectivity index (χ1) is 8.70. The average Bonchev–Trinajstić information content (AvgIpc) is 2.39. The van der Waals surface area contributed by atoms with Crippen LogP contribution in [-0.2, 0) is 4.79 Å². The zero-order valence-electron chi connectivity index (χ0n) is 9.97. The molecule has 1 heterocycles. The Bertz CT molecular complexity index is 464. The number of aliphatic carboxylic acids is 1. The number of hydrogen-bond acceptors (Lipinski definition) is 4. The van der Waals surface area contributed by atoms with Crippen molar-refractivity contribution in [2.75, 3.05) is 24.5 Å². The number of carboxylic acid groups (broad SMARTS) is 1. The lowest BCUT2D eigenvalue weighted by molar-refractivity contribution is -0.137. The van der Waals surface area contributed by atoms with Crippen LogP contribution in [0, 0.1) is 11.3 Å². The highest BCUT2D eigenvalue weighted by atomic mass is 16.4. The van der Waals surface area contributed by atoms with Gasteiger partial charge in [0.25, 0.3) is 0 Å². The summed E-state index contributed by atoms with van der Waals surface area (Å²) in [5, 5.41) is 20.9. The van der Waals surface area contributed by atoms with Crippen LogP contribution in [0.1, 0.15) is 12.0 Å². The minimum absolute atomic E-state index is 0.0378. The van der Waals surface area contributed by atoms with Gasteiger partial charge in [-0.2, -0.15) is 5.26 Å². The molecule has 1 aromatic rings. The van der Waals surface area contributed by atoms with Crippen LogP contribution in [0.5, 0.6) is 0 Å². The Balaban J connectivity index is 2.17. The highest BCUT2D eigenvalue weighted by Gasteiger charge is 2.24. The van der Waals surface area contributed by atoms with E-state index < -0.39 is 5.97 Å². The van der Waals surface area contributed by atoms with Crippen molar-refractivity contribution in [3.63, 3.8) is 0 Å². The van der Waals surface area contributed by atoms with E-state index in [0.29, 0.717) is 12.1 Å². The summed E-state index contributed by atoms with van der Waals surface area (Å²) in [4.78, 5) is 12.9. The average molecular weight is 245 g/mol. The van der Waals surface area contributed by atoms with Crippen molar-refractivity contribution < 1.29 is 9.90 Å². The van der Waals surface area contributed by atoms with Gasteiger partial charge in [0.05, 0.1) is 24.1 Å². The van der Waals surface area contributed by atoms with E-state index in [1.165, 1.54) is 0 Å². The lowest BCUT2D eigenvalue weighted by Crippen LogP contribution is -2.52. The number of nitriles is 1. The Hall–Kier alpha value is -2.06. The normalized spacial score (nSPS) is 19.3. The molecule has 5 nitrogen and oxygen atoms in total. The van der Waals surface area contributed by atoms with Crippen molar-refractivity contribution in [3.05, 3.63) is 29.8 Å². The van der Waals surface area contributed by atoms with Crippen molar-refractivity contribution >= 4 is 11.7 Å². The van der Waals surface area contributed by atoms with Crippen LogP contribution in [0.25, 0.3) is 0 Å². The van der Waals surface area contributed by atoms with Gasteiger partial charge in [-0.1, -0.05) is 0 Å². The number of carboxylic acids is 1. The Morgan fingerprint density at radius 2 is 2.22 bits per heavy atom. The molecule has 1 unspecified atom stereocenters. The van der Waals surface area contributed by atoms with E-state index in [9.17, 15) is 4.79 Å². The summed E-state index contributed by atoms with van der Waals surface area (Å²) in [6.07, 6.45) is 0.118. The van der Waals surface area contributed by atoms with Crippen LogP contribution >= 0.6 is 0 Å². The van der Waals surface area contributed by atoms with Crippen LogP contribution in [-0.4, -0.2) is 36.8 Å². The molecule has 1 atom stereocenters. The summed E-state index contributed by atoms with van der Waals surface area (Å²) in [6, 6.07) is 9.30. The number of nitrogens with one attached hydrogen (secondary N) is 1. The molecule has 18 heavy (non-hydrogen) atoms. The van der Waals surface area contributed by atoms with Gasteiger partial charge in [0.1, 0.15) is 0 Å². The number of rotatable bonds is 3. The second kappa shape index (κ2) is 5.52. The summed E-state index contributed by atoms with van der Waals surface area (Å²) in [5.41, 5.74) is 1.59. The molecule has 0 aliphatic carbocycles. The first-order valence-electron chi connectivity index (χ1n) is 5.90. The molecule has 0 aromatic heterocycles. The highest BCUT2D eigenvalue weighted by molar-refractivity contribution is 5.69. The van der Waals surface area contributed by atoms with Gasteiger partial charge >= 0.3 is 5.97 Å². The van der Waals surface area contributed by atoms with E-state index in [1.807, 2.05) is 12.1 Å². The molecule has 0 amide bonds. The largest absolute Gasteiger partial charge is 0.481 e. The maximum absolute atomic E-state index is 10.8. The van der Waals surface area contributed by atoms with E-state index in [1.54, 1.807) is 12.1 Å². The molecule has 0 radical (unpaired) electrons. The van der Waals surface area contributed by atoms with Crippen molar-refractivity contribution in [2.45, 2.75) is 12.5 Å². The maximum atomic E-state index is 10.8. The third-order valence-electron chi connectivity index (χ3n) is 3.09. The fraction of sp³-hybridized carbons (Fsp3) is 0.385. The molecule has 2 rings (SSSR count). The summed E-state index contributed by atoms with van der Waals surface area (Å²) in [7, 11) is 0. The Morgan fingerprint density at radius 3 is 2.83 bits per heavy atom. The predicted octanol–water partition coefficient (Wildman–Crippen LogP) is 0.811. The van der Waals surface area contributed by atoms with Crippen LogP contribution < -0.4 is 10.2 Å². The van der Waals surface area contributed by atoms with Gasteiger partial charge in [0.15, 0.2) is 0 Å². The molecule has 2 N–H and O–H groups in total. The quantitative estimate of drug-likeness (QED) is 0.824. The van der Waals surface area contributed by atoms with Crippen molar-refractivity contribution in [1.82, 2.24) is 5.32 Å². The summed E-state index contributed by atoms with van der Waals surface area (Å²) < 4.78 is 0. The van der Waals surface area contributed by atoms with Crippen LogP contribution in [0.3, 0.4) is 0 Å². The number of piperazine rings is 1. The molecule has 1 aliphatic rings. The summed E-state index contributed by atoms with van der Waals surface area (Å²) >= 11 is 0. The SMILES string of the molecule is N#Cc1ccc(N2CCNCC2CC(=O)O)cc1. The minimum Gasteiger partial charge on any atom is -0.481 e. The van der Waals surface area contributed by atoms with Gasteiger partial charge in [-0.3, -0.25) is 4.79 Å². The molecular weight excluding hydrogens is 230 g/mol. The van der Waals surface area contributed by atoms with Gasteiger partial charge in [-0.15, -0.1) is 0 Å². The molecule has 0 spiro atoms. The molecule has 5 heteroatoms. The lowest BCUT2D eigenvalue weighted by Gasteiger charge is -2.37. The van der Waals surface area contributed by atoms with Gasteiger partial charge in [-0.05, 0) is 24.3 Å². The minimum atomic E-state index is -0.789. The van der Waals surface area contributed by atoms with E-state index in [2.05, 4.69) is 16.3 Å². The van der Waals surface area contributed by atoms with Gasteiger partial charge in [0.2, 0.25) is 0 Å². The third kappa shape index (κ3) is 2.79. The van der Waals surface area contributed by atoms with Crippen molar-refractivity contribution in [2.24, 2.45) is 0 Å². The number of hydrogen-bond donors (Lipinski definition) is 2. The van der Waals surface area contributed by atoms with Gasteiger partial charge < -0.3 is 15.3 Å². The molecule has 1 saturated heterocycles. The standard InChI is InChI=1S/C13H15N3O2/c14-8-10-1-3-11(4-2-10)16-6-5-15-9-12(16)7-13(17)18/h1-4,12,15H,5-7,9H2,(H,17,18). The first-order valence-corrected chi connectivity index (χ1v) is 5.90. The van der Waals surface area contributed by atoms with Crippen LogP contribution in [0.15, 0.2) is 24.3 Å². The second-order valence-electron chi connectivity index (χ2n) is 4.31. The molecule has 0 saturated carbocycles. The highest BCUT2D eigenvalue weighted by Crippen LogP contribution is 2.20. The topological polar surface area (TPSA) is 76.4 Å². The summed E-state index contributed by atoms with van der Waals surface area (Å²) in [6.45, 7) is 2.30. The summed E-state index contributed by atoms with van der Waals surface area (Å²) in [5.74, 6) is -0.789. The monoisotopic (exact) mass is 245 g/mol. The smallest absolute Gasteiger partial charge is 0.305 e. The van der Waals surface area contributed by atoms with Crippen molar-refractivity contribution in [3.8, 4) is 6.07 Å². The maximum Gasteiger partial charge on any atom is 0.305 e. The Kier molecular flexibility index (Phi) is 3.80. The molecule has 0 bridgehead atoms. The van der Waals surface area contributed by atoms with Crippen LogP contribution in [0.2, 0.25) is 0 Å². The Morgan fingerprint density at radius 1 is 1.50 bits per heavy atom. The van der Waals surface area contributed by atoms with E-state index >= 15 is 0 Å². The van der Waals surface area contributed by atoms with E-state index in [0.717, 1.165) is 18.8 Å². The van der Waals surface area contributed by atoms with Gasteiger partial charge in [-0.25, -0.2) is 0 Å². The predicted molar refractivity (Wildman–Crippen MR) is 67.4 cm³/mol. The Labute approximate surface area is 106 Å². The van der Waals surface area contributed by atoms with Gasteiger partial charge in [0, 0.05) is 25.3 Å². The lowest BCUT2D eigenvalue weighted by atomic mass is 10.1. The van der Waals surface area contributed by atoms with E-state index in [-0.39, 0.29) is 12.5 Å². The van der Waals surface area contributed by atoms with Crippen molar-refractivity contribution in [1.29, 1.82) is 5.26 Å². The molecule has 94 valence electrons. The molecular formula is C13H15N3O2. The third-order valence-corrected chi connectivity index (χ3v) is 3.09. The van der Waals surface area contributed by atoms with E-state index in [4.69, 9.17) is 10.4 Å². The zero-order valence-corrected chi connectivity index (χ0v) is 9.97. The van der Waals surface area contributed by atoms with Crippen LogP contribution in [0.4, 0.5) is 5.69 Å². The number of benzene rings is 1. The fourth-order valence-corrected chi connectivity index (χ4v) is 2.21.